The summed E-state index contributed by atoms with van der Waals surface area (Å²) < 4.78 is 5.63. The minimum Gasteiger partial charge on any atom is -0.479 e. The van der Waals surface area contributed by atoms with Crippen LogP contribution in [0.1, 0.15) is 26.2 Å². The molecule has 5 nitrogen and oxygen atoms in total. The number of nitrogens with two attached hydrogens (primary N) is 1. The lowest BCUT2D eigenvalue weighted by Crippen LogP contribution is -2.51. The van der Waals surface area contributed by atoms with E-state index in [0.29, 0.717) is 12.3 Å². The molecule has 1 aromatic rings. The Morgan fingerprint density at radius 1 is 1.52 bits per heavy atom. The van der Waals surface area contributed by atoms with Crippen molar-refractivity contribution in [2.24, 2.45) is 5.73 Å². The van der Waals surface area contributed by atoms with Gasteiger partial charge in [-0.3, -0.25) is 9.78 Å². The molecule has 1 saturated heterocycles. The lowest BCUT2D eigenvalue weighted by molar-refractivity contribution is -0.141. The van der Waals surface area contributed by atoms with Gasteiger partial charge in [0.05, 0.1) is 6.20 Å². The number of halogens is 2. The van der Waals surface area contributed by atoms with E-state index in [9.17, 15) is 4.79 Å². The fourth-order valence-corrected chi connectivity index (χ4v) is 2.44. The number of piperidine rings is 1. The Kier molecular flexibility index (Phi) is 9.33. The number of likely N-dealkylation sites (tertiary alicyclic amines) is 1. The molecule has 1 aliphatic rings. The molecule has 2 unspecified atom stereocenters. The van der Waals surface area contributed by atoms with Crippen molar-refractivity contribution in [3.05, 3.63) is 24.5 Å². The van der Waals surface area contributed by atoms with Crippen molar-refractivity contribution >= 4 is 30.7 Å². The monoisotopic (exact) mass is 335 g/mol. The third kappa shape index (κ3) is 5.34. The number of hydrogen-bond acceptors (Lipinski definition) is 4. The fourth-order valence-electron chi connectivity index (χ4n) is 2.44. The molecule has 0 radical (unpaired) electrons. The molecule has 2 atom stereocenters. The predicted molar refractivity (Wildman–Crippen MR) is 87.2 cm³/mol. The molecular weight excluding hydrogens is 313 g/mol. The third-order valence-electron chi connectivity index (χ3n) is 3.48. The number of carbonyl (C=O) groups is 1. The second kappa shape index (κ2) is 9.82. The van der Waals surface area contributed by atoms with E-state index in [2.05, 4.69) is 4.98 Å². The summed E-state index contributed by atoms with van der Waals surface area (Å²) in [5, 5.41) is 0. The second-order valence-electron chi connectivity index (χ2n) is 4.87. The lowest BCUT2D eigenvalue weighted by atomic mass is 10.0. The van der Waals surface area contributed by atoms with Crippen molar-refractivity contribution in [1.29, 1.82) is 0 Å². The molecule has 1 amide bonds. The molecule has 21 heavy (non-hydrogen) atoms. The first-order valence-electron chi connectivity index (χ1n) is 6.79. The summed E-state index contributed by atoms with van der Waals surface area (Å²) in [5.41, 5.74) is 5.74. The first-order valence-corrected chi connectivity index (χ1v) is 6.79. The molecular formula is C14H23Cl2N3O2. The molecule has 2 N–H and O–H groups in total. The first-order chi connectivity index (χ1) is 9.22. The topological polar surface area (TPSA) is 68.5 Å². The molecule has 7 heteroatoms. The van der Waals surface area contributed by atoms with Crippen LogP contribution in [-0.2, 0) is 4.79 Å². The first kappa shape index (κ1) is 20.0. The van der Waals surface area contributed by atoms with Gasteiger partial charge in [0, 0.05) is 25.3 Å². The smallest absolute Gasteiger partial charge is 0.263 e. The van der Waals surface area contributed by atoms with Crippen LogP contribution in [0.25, 0.3) is 0 Å². The Balaban J connectivity index is 0.00000200. The van der Waals surface area contributed by atoms with Crippen molar-refractivity contribution in [2.75, 3.05) is 13.1 Å². The maximum Gasteiger partial charge on any atom is 0.263 e. The number of carbonyl (C=O) groups excluding carboxylic acids is 1. The van der Waals surface area contributed by atoms with Crippen LogP contribution in [-0.4, -0.2) is 41.0 Å². The van der Waals surface area contributed by atoms with Crippen LogP contribution in [0.5, 0.6) is 5.75 Å². The van der Waals surface area contributed by atoms with E-state index in [0.717, 1.165) is 25.8 Å². The molecule has 1 aromatic heterocycles. The number of hydrogen-bond donors (Lipinski definition) is 1. The zero-order chi connectivity index (χ0) is 13.7. The molecule has 2 rings (SSSR count). The summed E-state index contributed by atoms with van der Waals surface area (Å²) >= 11 is 0. The maximum absolute atomic E-state index is 12.4. The number of nitrogens with zero attached hydrogens (tertiary/aromatic N) is 2. The van der Waals surface area contributed by atoms with Crippen molar-refractivity contribution in [2.45, 2.75) is 38.3 Å². The number of ether oxygens (including phenoxy) is 1. The quantitative estimate of drug-likeness (QED) is 0.914. The zero-order valence-corrected chi connectivity index (χ0v) is 13.7. The number of aromatic nitrogens is 1. The van der Waals surface area contributed by atoms with Crippen molar-refractivity contribution < 1.29 is 9.53 Å². The number of pyridine rings is 1. The molecule has 1 fully saturated rings. The van der Waals surface area contributed by atoms with Crippen molar-refractivity contribution in [3.63, 3.8) is 0 Å². The van der Waals surface area contributed by atoms with E-state index in [1.807, 2.05) is 4.90 Å². The minimum atomic E-state index is -0.503. The summed E-state index contributed by atoms with van der Waals surface area (Å²) in [4.78, 5) is 18.2. The van der Waals surface area contributed by atoms with Crippen LogP contribution in [0.2, 0.25) is 0 Å². The van der Waals surface area contributed by atoms with Crippen LogP contribution in [0, 0.1) is 0 Å². The van der Waals surface area contributed by atoms with E-state index in [4.69, 9.17) is 10.5 Å². The van der Waals surface area contributed by atoms with Crippen LogP contribution >= 0.6 is 24.8 Å². The van der Waals surface area contributed by atoms with E-state index in [1.54, 1.807) is 31.5 Å². The average molecular weight is 336 g/mol. The average Bonchev–Trinajstić information content (AvgIpc) is 2.47. The highest BCUT2D eigenvalue weighted by atomic mass is 35.5. The summed E-state index contributed by atoms with van der Waals surface area (Å²) in [6, 6.07) is 3.74. The van der Waals surface area contributed by atoms with Crippen molar-refractivity contribution in [3.8, 4) is 5.75 Å². The molecule has 0 spiro atoms. The van der Waals surface area contributed by atoms with Crippen LogP contribution in [0.4, 0.5) is 0 Å². The minimum absolute atomic E-state index is 0. The van der Waals surface area contributed by atoms with Gasteiger partial charge in [-0.15, -0.1) is 24.8 Å². The highest BCUT2D eigenvalue weighted by Crippen LogP contribution is 2.18. The SMILES string of the molecule is CC(Oc1cccnc1)C(=O)N1CCCCC1CN.Cl.Cl. The number of rotatable bonds is 4. The van der Waals surface area contributed by atoms with Gasteiger partial charge >= 0.3 is 0 Å². The third-order valence-corrected chi connectivity index (χ3v) is 3.48. The molecule has 1 aliphatic heterocycles. The Bertz CT molecular complexity index is 420. The van der Waals surface area contributed by atoms with Crippen LogP contribution in [0.15, 0.2) is 24.5 Å². The largest absolute Gasteiger partial charge is 0.479 e. The summed E-state index contributed by atoms with van der Waals surface area (Å²) in [6.45, 7) is 3.07. The molecule has 0 bridgehead atoms. The summed E-state index contributed by atoms with van der Waals surface area (Å²) in [6.07, 6.45) is 5.96. The van der Waals surface area contributed by atoms with E-state index < -0.39 is 6.10 Å². The number of amides is 1. The highest BCUT2D eigenvalue weighted by Gasteiger charge is 2.29. The zero-order valence-electron chi connectivity index (χ0n) is 12.1. The maximum atomic E-state index is 12.4. The van der Waals surface area contributed by atoms with Crippen LogP contribution in [0.3, 0.4) is 0 Å². The van der Waals surface area contributed by atoms with Gasteiger partial charge in [-0.2, -0.15) is 0 Å². The molecule has 120 valence electrons. The van der Waals surface area contributed by atoms with E-state index in [-0.39, 0.29) is 36.8 Å². The second-order valence-corrected chi connectivity index (χ2v) is 4.87. The van der Waals surface area contributed by atoms with Crippen LogP contribution < -0.4 is 10.5 Å². The predicted octanol–water partition coefficient (Wildman–Crippen LogP) is 2.03. The van der Waals surface area contributed by atoms with Gasteiger partial charge in [-0.1, -0.05) is 0 Å². The van der Waals surface area contributed by atoms with Gasteiger partial charge in [0.2, 0.25) is 0 Å². The van der Waals surface area contributed by atoms with E-state index in [1.165, 1.54) is 0 Å². The Hall–Kier alpha value is -1.04. The Morgan fingerprint density at radius 2 is 2.29 bits per heavy atom. The molecule has 0 aromatic carbocycles. The fraction of sp³-hybridized carbons (Fsp3) is 0.571. The van der Waals surface area contributed by atoms with Gasteiger partial charge in [0.25, 0.3) is 5.91 Å². The van der Waals surface area contributed by atoms with Gasteiger partial charge in [-0.25, -0.2) is 0 Å². The molecule has 2 heterocycles. The van der Waals surface area contributed by atoms with Gasteiger partial charge < -0.3 is 15.4 Å². The standard InChI is InChI=1S/C14H21N3O2.2ClH/c1-11(19-13-6-4-7-16-10-13)14(18)17-8-3-2-5-12(17)9-15;;/h4,6-7,10-12H,2-3,5,8-9,15H2,1H3;2*1H. The molecule has 0 aliphatic carbocycles. The summed E-state index contributed by atoms with van der Waals surface area (Å²) in [5.74, 6) is 0.628. The lowest BCUT2D eigenvalue weighted by Gasteiger charge is -2.36. The van der Waals surface area contributed by atoms with Gasteiger partial charge in [0.1, 0.15) is 5.75 Å². The van der Waals surface area contributed by atoms with Gasteiger partial charge in [-0.05, 0) is 38.3 Å². The normalized spacial score (nSPS) is 19.0. The summed E-state index contributed by atoms with van der Waals surface area (Å²) in [7, 11) is 0. The Morgan fingerprint density at radius 3 is 2.90 bits per heavy atom. The highest BCUT2D eigenvalue weighted by molar-refractivity contribution is 5.85. The van der Waals surface area contributed by atoms with E-state index >= 15 is 0 Å². The van der Waals surface area contributed by atoms with Gasteiger partial charge in [0.15, 0.2) is 6.10 Å². The Labute approximate surface area is 138 Å². The van der Waals surface area contributed by atoms with Crippen molar-refractivity contribution in [1.82, 2.24) is 9.88 Å². The molecule has 0 saturated carbocycles.